The molecule has 0 aliphatic heterocycles. The standard InChI is InChI=1S/C13H15N3/c1-8-5-4-6-11(7-8)12-9(2)13(14)16-10(3)15-12/h4-7H,1-3H3,(H2,14,15,16). The second-order valence-corrected chi connectivity index (χ2v) is 4.00. The lowest BCUT2D eigenvalue weighted by Crippen LogP contribution is -2.02. The highest BCUT2D eigenvalue weighted by Gasteiger charge is 2.08. The Kier molecular flexibility index (Phi) is 2.60. The Bertz CT molecular complexity index is 533. The Morgan fingerprint density at radius 2 is 1.81 bits per heavy atom. The van der Waals surface area contributed by atoms with Crippen LogP contribution in [0.15, 0.2) is 24.3 Å². The van der Waals surface area contributed by atoms with Gasteiger partial charge in [0.25, 0.3) is 0 Å². The fourth-order valence-electron chi connectivity index (χ4n) is 1.72. The molecule has 0 aliphatic rings. The van der Waals surface area contributed by atoms with E-state index in [2.05, 4.69) is 29.0 Å². The number of anilines is 1. The summed E-state index contributed by atoms with van der Waals surface area (Å²) in [5, 5.41) is 0. The quantitative estimate of drug-likeness (QED) is 0.792. The third kappa shape index (κ3) is 1.89. The molecule has 1 heterocycles. The molecule has 2 aromatic rings. The molecule has 1 aromatic heterocycles. The van der Waals surface area contributed by atoms with E-state index in [1.807, 2.05) is 26.0 Å². The Hall–Kier alpha value is -1.90. The Morgan fingerprint density at radius 3 is 2.50 bits per heavy atom. The Balaban J connectivity index is 2.64. The van der Waals surface area contributed by atoms with E-state index in [1.54, 1.807) is 0 Å². The van der Waals surface area contributed by atoms with Crippen molar-refractivity contribution in [2.45, 2.75) is 20.8 Å². The zero-order valence-electron chi connectivity index (χ0n) is 9.78. The van der Waals surface area contributed by atoms with Crippen LogP contribution in [0.2, 0.25) is 0 Å². The number of aromatic nitrogens is 2. The number of benzene rings is 1. The maximum Gasteiger partial charge on any atom is 0.130 e. The van der Waals surface area contributed by atoms with Gasteiger partial charge < -0.3 is 5.73 Å². The second kappa shape index (κ2) is 3.93. The zero-order valence-corrected chi connectivity index (χ0v) is 9.78. The van der Waals surface area contributed by atoms with Crippen LogP contribution in [0.25, 0.3) is 11.3 Å². The predicted molar refractivity (Wildman–Crippen MR) is 66.1 cm³/mol. The lowest BCUT2D eigenvalue weighted by molar-refractivity contribution is 1.05. The highest BCUT2D eigenvalue weighted by atomic mass is 14.9. The minimum absolute atomic E-state index is 0.559. The summed E-state index contributed by atoms with van der Waals surface area (Å²) in [5.41, 5.74) is 10.0. The number of nitrogen functional groups attached to an aromatic ring is 1. The molecule has 3 heteroatoms. The van der Waals surface area contributed by atoms with Gasteiger partial charge in [-0.1, -0.05) is 23.8 Å². The van der Waals surface area contributed by atoms with Gasteiger partial charge in [-0.3, -0.25) is 0 Å². The van der Waals surface area contributed by atoms with Crippen molar-refractivity contribution in [3.05, 3.63) is 41.2 Å². The van der Waals surface area contributed by atoms with Gasteiger partial charge in [-0.2, -0.15) is 0 Å². The molecular formula is C13H15N3. The SMILES string of the molecule is Cc1cccc(-c2nc(C)nc(N)c2C)c1. The monoisotopic (exact) mass is 213 g/mol. The molecule has 0 bridgehead atoms. The van der Waals surface area contributed by atoms with Crippen molar-refractivity contribution in [3.8, 4) is 11.3 Å². The van der Waals surface area contributed by atoms with Crippen LogP contribution < -0.4 is 5.73 Å². The predicted octanol–water partition coefficient (Wildman–Crippen LogP) is 2.65. The average Bonchev–Trinajstić information content (AvgIpc) is 2.23. The molecule has 1 aromatic carbocycles. The molecule has 0 amide bonds. The van der Waals surface area contributed by atoms with E-state index in [0.29, 0.717) is 11.6 Å². The van der Waals surface area contributed by atoms with Crippen LogP contribution in [-0.4, -0.2) is 9.97 Å². The average molecular weight is 213 g/mol. The zero-order chi connectivity index (χ0) is 11.7. The molecule has 0 radical (unpaired) electrons. The minimum Gasteiger partial charge on any atom is -0.383 e. The Labute approximate surface area is 95.4 Å². The van der Waals surface area contributed by atoms with Crippen molar-refractivity contribution >= 4 is 5.82 Å². The number of aryl methyl sites for hydroxylation is 2. The molecular weight excluding hydrogens is 198 g/mol. The lowest BCUT2D eigenvalue weighted by Gasteiger charge is -2.08. The molecule has 0 unspecified atom stereocenters. The van der Waals surface area contributed by atoms with Crippen LogP contribution in [0.4, 0.5) is 5.82 Å². The summed E-state index contributed by atoms with van der Waals surface area (Å²) < 4.78 is 0. The summed E-state index contributed by atoms with van der Waals surface area (Å²) in [6.45, 7) is 5.87. The van der Waals surface area contributed by atoms with Gasteiger partial charge in [0.05, 0.1) is 5.69 Å². The summed E-state index contributed by atoms with van der Waals surface area (Å²) >= 11 is 0. The van der Waals surface area contributed by atoms with E-state index in [-0.39, 0.29) is 0 Å². The van der Waals surface area contributed by atoms with Crippen molar-refractivity contribution in [3.63, 3.8) is 0 Å². The lowest BCUT2D eigenvalue weighted by atomic mass is 10.1. The fraction of sp³-hybridized carbons (Fsp3) is 0.231. The van der Waals surface area contributed by atoms with E-state index in [1.165, 1.54) is 5.56 Å². The number of rotatable bonds is 1. The van der Waals surface area contributed by atoms with Crippen molar-refractivity contribution in [1.29, 1.82) is 0 Å². The van der Waals surface area contributed by atoms with Gasteiger partial charge in [0.2, 0.25) is 0 Å². The molecule has 0 aliphatic carbocycles. The first kappa shape index (κ1) is 10.6. The van der Waals surface area contributed by atoms with E-state index in [0.717, 1.165) is 16.8 Å². The molecule has 0 atom stereocenters. The number of nitrogens with two attached hydrogens (primary N) is 1. The van der Waals surface area contributed by atoms with Gasteiger partial charge in [0.1, 0.15) is 11.6 Å². The molecule has 0 fully saturated rings. The van der Waals surface area contributed by atoms with Crippen molar-refractivity contribution in [2.75, 3.05) is 5.73 Å². The van der Waals surface area contributed by atoms with E-state index in [4.69, 9.17) is 5.73 Å². The largest absolute Gasteiger partial charge is 0.383 e. The summed E-state index contributed by atoms with van der Waals surface area (Å²) in [6.07, 6.45) is 0. The van der Waals surface area contributed by atoms with E-state index >= 15 is 0 Å². The van der Waals surface area contributed by atoms with Gasteiger partial charge in [-0.05, 0) is 26.8 Å². The first-order valence-electron chi connectivity index (χ1n) is 5.25. The molecule has 2 N–H and O–H groups in total. The van der Waals surface area contributed by atoms with Crippen LogP contribution in [0, 0.1) is 20.8 Å². The third-order valence-electron chi connectivity index (χ3n) is 2.59. The van der Waals surface area contributed by atoms with Gasteiger partial charge in [0.15, 0.2) is 0 Å². The van der Waals surface area contributed by atoms with Crippen molar-refractivity contribution in [2.24, 2.45) is 0 Å². The number of nitrogens with zero attached hydrogens (tertiary/aromatic N) is 2. The van der Waals surface area contributed by atoms with Crippen LogP contribution in [0.1, 0.15) is 17.0 Å². The minimum atomic E-state index is 0.559. The Morgan fingerprint density at radius 1 is 1.06 bits per heavy atom. The van der Waals surface area contributed by atoms with Gasteiger partial charge >= 0.3 is 0 Å². The normalized spacial score (nSPS) is 10.4. The van der Waals surface area contributed by atoms with E-state index < -0.39 is 0 Å². The molecule has 3 nitrogen and oxygen atoms in total. The van der Waals surface area contributed by atoms with Gasteiger partial charge in [0, 0.05) is 11.1 Å². The van der Waals surface area contributed by atoms with Gasteiger partial charge in [-0.15, -0.1) is 0 Å². The van der Waals surface area contributed by atoms with Gasteiger partial charge in [-0.25, -0.2) is 9.97 Å². The van der Waals surface area contributed by atoms with E-state index in [9.17, 15) is 0 Å². The molecule has 0 spiro atoms. The smallest absolute Gasteiger partial charge is 0.130 e. The third-order valence-corrected chi connectivity index (χ3v) is 2.59. The molecule has 2 rings (SSSR count). The number of hydrogen-bond acceptors (Lipinski definition) is 3. The molecule has 0 saturated heterocycles. The maximum absolute atomic E-state index is 5.85. The van der Waals surface area contributed by atoms with Crippen LogP contribution in [0.3, 0.4) is 0 Å². The second-order valence-electron chi connectivity index (χ2n) is 4.00. The summed E-state index contributed by atoms with van der Waals surface area (Å²) in [4.78, 5) is 8.60. The van der Waals surface area contributed by atoms with Crippen LogP contribution in [-0.2, 0) is 0 Å². The molecule has 16 heavy (non-hydrogen) atoms. The van der Waals surface area contributed by atoms with Crippen molar-refractivity contribution in [1.82, 2.24) is 9.97 Å². The topological polar surface area (TPSA) is 51.8 Å². The highest BCUT2D eigenvalue weighted by molar-refractivity contribution is 5.67. The number of hydrogen-bond donors (Lipinski definition) is 1. The van der Waals surface area contributed by atoms with Crippen molar-refractivity contribution < 1.29 is 0 Å². The first-order chi connectivity index (χ1) is 7.58. The summed E-state index contributed by atoms with van der Waals surface area (Å²) in [6, 6.07) is 8.24. The highest BCUT2D eigenvalue weighted by Crippen LogP contribution is 2.24. The molecule has 82 valence electrons. The summed E-state index contributed by atoms with van der Waals surface area (Å²) in [7, 11) is 0. The maximum atomic E-state index is 5.85. The summed E-state index contributed by atoms with van der Waals surface area (Å²) in [5.74, 6) is 1.27. The fourth-order valence-corrected chi connectivity index (χ4v) is 1.72. The first-order valence-corrected chi connectivity index (χ1v) is 5.25. The molecule has 0 saturated carbocycles. The van der Waals surface area contributed by atoms with Crippen LogP contribution >= 0.6 is 0 Å². The van der Waals surface area contributed by atoms with Crippen LogP contribution in [0.5, 0.6) is 0 Å².